The Morgan fingerprint density at radius 3 is 1.87 bits per heavy atom. The molecule has 0 amide bonds. The summed E-state index contributed by atoms with van der Waals surface area (Å²) in [4.78, 5) is 20.9. The highest BCUT2D eigenvalue weighted by Gasteiger charge is 2.17. The lowest BCUT2D eigenvalue weighted by Gasteiger charge is -2.05. The van der Waals surface area contributed by atoms with Crippen molar-refractivity contribution in [2.75, 3.05) is 0 Å². The maximum absolute atomic E-state index is 10.5. The smallest absolute Gasteiger partial charge is 0.343 e. The van der Waals surface area contributed by atoms with Gasteiger partial charge in [-0.3, -0.25) is 4.79 Å². The van der Waals surface area contributed by atoms with Crippen LogP contribution in [0.5, 0.6) is 11.5 Å². The summed E-state index contributed by atoms with van der Waals surface area (Å²) in [5, 5.41) is 35.5. The number of carboxylic acid groups (broad SMARTS) is 2. The molecular weight excluding hydrogens is 204 g/mol. The van der Waals surface area contributed by atoms with Gasteiger partial charge < -0.3 is 20.4 Å². The lowest BCUT2D eigenvalue weighted by atomic mass is 10.1. The van der Waals surface area contributed by atoms with Crippen LogP contribution < -0.4 is 0 Å². The maximum Gasteiger partial charge on any atom is 0.343 e. The van der Waals surface area contributed by atoms with Crippen molar-refractivity contribution in [1.82, 2.24) is 0 Å². The van der Waals surface area contributed by atoms with Gasteiger partial charge in [-0.05, 0) is 17.7 Å². The van der Waals surface area contributed by atoms with Gasteiger partial charge in [0, 0.05) is 0 Å². The van der Waals surface area contributed by atoms with Crippen LogP contribution in [-0.4, -0.2) is 32.4 Å². The van der Waals surface area contributed by atoms with Crippen molar-refractivity contribution >= 4 is 11.9 Å². The lowest BCUT2D eigenvalue weighted by molar-refractivity contribution is -0.136. The minimum absolute atomic E-state index is 0.127. The van der Waals surface area contributed by atoms with E-state index in [1.165, 1.54) is 0 Å². The standard InChI is InChI=1S/C9H8O6/c10-5-1-4(3-7(12)13)2-6(11)8(5)9(14)15/h1-2,10-11H,3H2,(H,12,13)(H,14,15). The number of carbonyl (C=O) groups is 2. The summed E-state index contributed by atoms with van der Waals surface area (Å²) in [6.07, 6.45) is -0.402. The van der Waals surface area contributed by atoms with Crippen LogP contribution in [0, 0.1) is 0 Å². The zero-order valence-electron chi connectivity index (χ0n) is 7.47. The summed E-state index contributed by atoms with van der Waals surface area (Å²) in [5.41, 5.74) is -0.508. The van der Waals surface area contributed by atoms with Crippen molar-refractivity contribution in [1.29, 1.82) is 0 Å². The Morgan fingerprint density at radius 1 is 1.07 bits per heavy atom. The molecule has 0 atom stereocenters. The number of phenols is 2. The van der Waals surface area contributed by atoms with Crippen molar-refractivity contribution in [2.24, 2.45) is 0 Å². The quantitative estimate of drug-likeness (QED) is 0.577. The highest BCUT2D eigenvalue weighted by molar-refractivity contribution is 5.94. The predicted octanol–water partition coefficient (Wildman–Crippen LogP) is 0.423. The van der Waals surface area contributed by atoms with Crippen LogP contribution in [0.3, 0.4) is 0 Å². The second-order valence-corrected chi connectivity index (χ2v) is 2.88. The van der Waals surface area contributed by atoms with E-state index in [9.17, 15) is 19.8 Å². The van der Waals surface area contributed by atoms with E-state index >= 15 is 0 Å². The minimum Gasteiger partial charge on any atom is -0.507 e. The van der Waals surface area contributed by atoms with Gasteiger partial charge in [0.1, 0.15) is 17.1 Å². The molecule has 0 unspecified atom stereocenters. The zero-order valence-corrected chi connectivity index (χ0v) is 7.47. The van der Waals surface area contributed by atoms with Gasteiger partial charge in [-0.2, -0.15) is 0 Å². The fourth-order valence-electron chi connectivity index (χ4n) is 1.16. The zero-order chi connectivity index (χ0) is 11.6. The van der Waals surface area contributed by atoms with Crippen molar-refractivity contribution in [3.8, 4) is 11.5 Å². The number of carboxylic acids is 2. The van der Waals surface area contributed by atoms with E-state index in [1.807, 2.05) is 0 Å². The van der Waals surface area contributed by atoms with Crippen LogP contribution in [0.25, 0.3) is 0 Å². The van der Waals surface area contributed by atoms with E-state index in [1.54, 1.807) is 0 Å². The number of benzene rings is 1. The Hall–Kier alpha value is -2.24. The number of aliphatic carboxylic acids is 1. The SMILES string of the molecule is O=C(O)Cc1cc(O)c(C(=O)O)c(O)c1. The monoisotopic (exact) mass is 212 g/mol. The maximum atomic E-state index is 10.5. The summed E-state index contributed by atoms with van der Waals surface area (Å²) >= 11 is 0. The molecule has 0 bridgehead atoms. The number of rotatable bonds is 3. The first-order valence-electron chi connectivity index (χ1n) is 3.91. The molecule has 0 spiro atoms. The first-order valence-corrected chi connectivity index (χ1v) is 3.91. The van der Waals surface area contributed by atoms with Crippen LogP contribution in [0.4, 0.5) is 0 Å². The van der Waals surface area contributed by atoms with Gasteiger partial charge in [-0.25, -0.2) is 4.79 Å². The molecule has 1 rings (SSSR count). The summed E-state index contributed by atoms with van der Waals surface area (Å²) < 4.78 is 0. The second-order valence-electron chi connectivity index (χ2n) is 2.88. The van der Waals surface area contributed by atoms with Crippen molar-refractivity contribution < 1.29 is 30.0 Å². The van der Waals surface area contributed by atoms with E-state index in [2.05, 4.69) is 0 Å². The number of aromatic carboxylic acids is 1. The largest absolute Gasteiger partial charge is 0.507 e. The second kappa shape index (κ2) is 3.87. The molecule has 1 aromatic carbocycles. The van der Waals surface area contributed by atoms with Crippen molar-refractivity contribution in [2.45, 2.75) is 6.42 Å². The Kier molecular flexibility index (Phi) is 2.80. The molecule has 0 fully saturated rings. The molecule has 6 nitrogen and oxygen atoms in total. The van der Waals surface area contributed by atoms with Crippen molar-refractivity contribution in [3.05, 3.63) is 23.3 Å². The topological polar surface area (TPSA) is 115 Å². The molecular formula is C9H8O6. The van der Waals surface area contributed by atoms with Crippen LogP contribution in [0.1, 0.15) is 15.9 Å². The molecule has 80 valence electrons. The van der Waals surface area contributed by atoms with E-state index < -0.39 is 35.4 Å². The molecule has 4 N–H and O–H groups in total. The van der Waals surface area contributed by atoms with Crippen LogP contribution in [0.15, 0.2) is 12.1 Å². The molecule has 6 heteroatoms. The average molecular weight is 212 g/mol. The van der Waals surface area contributed by atoms with Crippen LogP contribution in [0.2, 0.25) is 0 Å². The summed E-state index contributed by atoms with van der Waals surface area (Å²) in [7, 11) is 0. The molecule has 0 aliphatic heterocycles. The molecule has 15 heavy (non-hydrogen) atoms. The minimum atomic E-state index is -1.48. The highest BCUT2D eigenvalue weighted by Crippen LogP contribution is 2.28. The van der Waals surface area contributed by atoms with Gasteiger partial charge in [-0.1, -0.05) is 0 Å². The molecule has 0 radical (unpaired) electrons. The Labute approximate surface area is 84.0 Å². The van der Waals surface area contributed by atoms with Gasteiger partial charge in [-0.15, -0.1) is 0 Å². The molecule has 1 aromatic rings. The van der Waals surface area contributed by atoms with Crippen LogP contribution >= 0.6 is 0 Å². The van der Waals surface area contributed by atoms with Gasteiger partial charge in [0.25, 0.3) is 0 Å². The first kappa shape index (κ1) is 10.8. The predicted molar refractivity (Wildman–Crippen MR) is 48.1 cm³/mol. The fourth-order valence-corrected chi connectivity index (χ4v) is 1.16. The molecule has 0 saturated carbocycles. The molecule has 0 aliphatic rings. The van der Waals surface area contributed by atoms with E-state index in [0.29, 0.717) is 0 Å². The summed E-state index contributed by atoms with van der Waals surface area (Å²) in [6.45, 7) is 0. The summed E-state index contributed by atoms with van der Waals surface area (Å²) in [5.74, 6) is -3.93. The fraction of sp³-hybridized carbons (Fsp3) is 0.111. The highest BCUT2D eigenvalue weighted by atomic mass is 16.4. The molecule has 0 saturated heterocycles. The van der Waals surface area contributed by atoms with E-state index in [0.717, 1.165) is 12.1 Å². The molecule has 0 heterocycles. The normalized spacial score (nSPS) is 9.87. The average Bonchev–Trinajstić information content (AvgIpc) is 1.99. The Balaban J connectivity index is 3.19. The number of hydrogen-bond acceptors (Lipinski definition) is 4. The third-order valence-electron chi connectivity index (χ3n) is 1.73. The molecule has 0 aromatic heterocycles. The molecule has 0 aliphatic carbocycles. The number of hydrogen-bond donors (Lipinski definition) is 4. The Bertz CT molecular complexity index is 400. The summed E-state index contributed by atoms with van der Waals surface area (Å²) in [6, 6.07) is 1.99. The van der Waals surface area contributed by atoms with Gasteiger partial charge in [0.15, 0.2) is 0 Å². The van der Waals surface area contributed by atoms with Crippen LogP contribution in [-0.2, 0) is 11.2 Å². The van der Waals surface area contributed by atoms with E-state index in [4.69, 9.17) is 10.2 Å². The van der Waals surface area contributed by atoms with Gasteiger partial charge in [0.2, 0.25) is 0 Å². The number of aromatic hydroxyl groups is 2. The lowest BCUT2D eigenvalue weighted by Crippen LogP contribution is -2.02. The third kappa shape index (κ3) is 2.37. The first-order chi connectivity index (χ1) is 6.91. The van der Waals surface area contributed by atoms with E-state index in [-0.39, 0.29) is 5.56 Å². The van der Waals surface area contributed by atoms with Gasteiger partial charge in [0.05, 0.1) is 6.42 Å². The third-order valence-corrected chi connectivity index (χ3v) is 1.73. The Morgan fingerprint density at radius 2 is 1.53 bits per heavy atom. The van der Waals surface area contributed by atoms with Gasteiger partial charge >= 0.3 is 11.9 Å². The van der Waals surface area contributed by atoms with Crippen molar-refractivity contribution in [3.63, 3.8) is 0 Å².